The quantitative estimate of drug-likeness (QED) is 0.231. The van der Waals surface area contributed by atoms with E-state index < -0.39 is 0 Å². The van der Waals surface area contributed by atoms with Crippen LogP contribution in [0.15, 0.2) is 71.9 Å². The van der Waals surface area contributed by atoms with Gasteiger partial charge in [-0.05, 0) is 61.5 Å². The van der Waals surface area contributed by atoms with E-state index in [0.29, 0.717) is 52.0 Å². The van der Waals surface area contributed by atoms with Crippen LogP contribution in [0.3, 0.4) is 0 Å². The molecule has 0 radical (unpaired) electrons. The number of carbonyl (C=O) groups excluding carboxylic acids is 2. The third-order valence-electron chi connectivity index (χ3n) is 7.02. The lowest BCUT2D eigenvalue weighted by molar-refractivity contribution is -0.130. The molecule has 5 rings (SSSR count). The van der Waals surface area contributed by atoms with E-state index in [1.54, 1.807) is 42.2 Å². The summed E-state index contributed by atoms with van der Waals surface area (Å²) >= 11 is 13.6. The van der Waals surface area contributed by atoms with E-state index >= 15 is 0 Å². The number of amides is 2. The van der Waals surface area contributed by atoms with Gasteiger partial charge in [-0.3, -0.25) is 14.2 Å². The highest BCUT2D eigenvalue weighted by atomic mass is 35.5. The Balaban J connectivity index is 1.31. The van der Waals surface area contributed by atoms with E-state index in [4.69, 9.17) is 32.7 Å². The largest absolute Gasteiger partial charge is 0.497 e. The number of ether oxygens (including phenoxy) is 2. The SMILES string of the molecule is COc1ccc(-n2c(SCC(=O)N3CCN(C(=O)c4ccc(Cl)cc4Cl)C(C)C3)nnc2-c2cccc(OC)c2)cc1. The lowest BCUT2D eigenvalue weighted by atomic mass is 10.1. The molecule has 2 heterocycles. The minimum atomic E-state index is -0.186. The van der Waals surface area contributed by atoms with Gasteiger partial charge in [0.15, 0.2) is 11.0 Å². The van der Waals surface area contributed by atoms with Crippen LogP contribution < -0.4 is 9.47 Å². The first-order chi connectivity index (χ1) is 20.3. The van der Waals surface area contributed by atoms with Gasteiger partial charge in [-0.1, -0.05) is 47.1 Å². The first kappa shape index (κ1) is 29.8. The van der Waals surface area contributed by atoms with E-state index in [0.717, 1.165) is 17.0 Å². The number of piperazine rings is 1. The molecule has 1 fully saturated rings. The number of rotatable bonds is 8. The van der Waals surface area contributed by atoms with Gasteiger partial charge in [0.05, 0.1) is 30.6 Å². The van der Waals surface area contributed by atoms with Crippen molar-refractivity contribution in [2.45, 2.75) is 18.1 Å². The molecular weight excluding hydrogens is 597 g/mol. The molecule has 4 aromatic rings. The number of benzene rings is 3. The predicted molar refractivity (Wildman–Crippen MR) is 164 cm³/mol. The summed E-state index contributed by atoms with van der Waals surface area (Å²) in [5.41, 5.74) is 2.05. The van der Waals surface area contributed by atoms with E-state index in [-0.39, 0.29) is 23.6 Å². The summed E-state index contributed by atoms with van der Waals surface area (Å²) in [4.78, 5) is 30.0. The highest BCUT2D eigenvalue weighted by Crippen LogP contribution is 2.31. The van der Waals surface area contributed by atoms with Gasteiger partial charge in [-0.25, -0.2) is 0 Å². The van der Waals surface area contributed by atoms with E-state index in [2.05, 4.69) is 10.2 Å². The van der Waals surface area contributed by atoms with Gasteiger partial charge in [0.2, 0.25) is 5.91 Å². The lowest BCUT2D eigenvalue weighted by Gasteiger charge is -2.40. The van der Waals surface area contributed by atoms with Crippen molar-refractivity contribution in [2.24, 2.45) is 0 Å². The van der Waals surface area contributed by atoms with Crippen LogP contribution in [0.2, 0.25) is 10.0 Å². The fourth-order valence-corrected chi connectivity index (χ4v) is 6.14. The van der Waals surface area contributed by atoms with Crippen LogP contribution in [0.4, 0.5) is 0 Å². The molecular formula is C30H29Cl2N5O4S. The van der Waals surface area contributed by atoms with Crippen molar-refractivity contribution in [3.05, 3.63) is 82.3 Å². The number of hydrogen-bond donors (Lipinski definition) is 0. The van der Waals surface area contributed by atoms with Crippen molar-refractivity contribution in [3.63, 3.8) is 0 Å². The van der Waals surface area contributed by atoms with Crippen LogP contribution >= 0.6 is 35.0 Å². The Morgan fingerprint density at radius 2 is 1.71 bits per heavy atom. The Bertz CT molecular complexity index is 1600. The van der Waals surface area contributed by atoms with Gasteiger partial charge < -0.3 is 19.3 Å². The average molecular weight is 627 g/mol. The van der Waals surface area contributed by atoms with Crippen LogP contribution in [0.25, 0.3) is 17.1 Å². The summed E-state index contributed by atoms with van der Waals surface area (Å²) in [5, 5.41) is 10.3. The standard InChI is InChI=1S/C30H29Cl2N5O4S/c1-19-17-35(13-14-36(19)29(39)25-12-7-21(31)16-26(25)32)27(38)18-42-30-34-33-28(20-5-4-6-24(15-20)41-3)37(30)22-8-10-23(40-2)11-9-22/h4-12,15-16,19H,13-14,17-18H2,1-3H3. The number of carbonyl (C=O) groups is 2. The number of methoxy groups -OCH3 is 2. The molecule has 0 bridgehead atoms. The number of halogens is 2. The molecule has 12 heteroatoms. The molecule has 1 aromatic heterocycles. The number of hydrogen-bond acceptors (Lipinski definition) is 7. The maximum absolute atomic E-state index is 13.3. The zero-order valence-electron chi connectivity index (χ0n) is 23.3. The van der Waals surface area contributed by atoms with Crippen LogP contribution in [0.5, 0.6) is 11.5 Å². The van der Waals surface area contributed by atoms with Crippen LogP contribution in [0, 0.1) is 0 Å². The van der Waals surface area contributed by atoms with Crippen molar-refractivity contribution in [3.8, 4) is 28.6 Å². The molecule has 2 amide bonds. The molecule has 1 atom stereocenters. The summed E-state index contributed by atoms with van der Waals surface area (Å²) in [6.07, 6.45) is 0. The monoisotopic (exact) mass is 625 g/mol. The maximum atomic E-state index is 13.3. The third kappa shape index (κ3) is 6.35. The zero-order valence-corrected chi connectivity index (χ0v) is 25.6. The van der Waals surface area contributed by atoms with Crippen molar-refractivity contribution in [2.75, 3.05) is 39.6 Å². The Morgan fingerprint density at radius 1 is 0.952 bits per heavy atom. The Labute approximate surface area is 258 Å². The summed E-state index contributed by atoms with van der Waals surface area (Å²) in [7, 11) is 3.23. The van der Waals surface area contributed by atoms with Crippen molar-refractivity contribution in [1.29, 1.82) is 0 Å². The summed E-state index contributed by atoms with van der Waals surface area (Å²) in [6.45, 7) is 3.16. The van der Waals surface area contributed by atoms with Crippen LogP contribution in [-0.4, -0.2) is 82.0 Å². The molecule has 0 saturated carbocycles. The second kappa shape index (κ2) is 13.1. The van der Waals surface area contributed by atoms with Gasteiger partial charge in [0.1, 0.15) is 11.5 Å². The molecule has 1 saturated heterocycles. The number of nitrogens with zero attached hydrogens (tertiary/aromatic N) is 5. The number of aromatic nitrogens is 3. The maximum Gasteiger partial charge on any atom is 0.255 e. The van der Waals surface area contributed by atoms with E-state index in [1.807, 2.05) is 60.0 Å². The Kier molecular flexibility index (Phi) is 9.25. The highest BCUT2D eigenvalue weighted by Gasteiger charge is 2.31. The van der Waals surface area contributed by atoms with Gasteiger partial charge in [-0.2, -0.15) is 0 Å². The summed E-state index contributed by atoms with van der Waals surface area (Å²) in [5.74, 6) is 1.99. The van der Waals surface area contributed by atoms with E-state index in [9.17, 15) is 9.59 Å². The van der Waals surface area contributed by atoms with Gasteiger partial charge >= 0.3 is 0 Å². The molecule has 0 spiro atoms. The average Bonchev–Trinajstić information content (AvgIpc) is 3.43. The first-order valence-electron chi connectivity index (χ1n) is 13.2. The minimum absolute atomic E-state index is 0.0457. The normalized spacial score (nSPS) is 15.0. The van der Waals surface area contributed by atoms with Gasteiger partial charge in [0.25, 0.3) is 5.91 Å². The molecule has 1 aliphatic heterocycles. The third-order valence-corrected chi connectivity index (χ3v) is 8.48. The van der Waals surface area contributed by atoms with E-state index in [1.165, 1.54) is 11.8 Å². The van der Waals surface area contributed by atoms with Crippen molar-refractivity contribution >= 4 is 46.8 Å². The Hall–Kier alpha value is -3.73. The second-order valence-corrected chi connectivity index (χ2v) is 11.5. The first-order valence-corrected chi connectivity index (χ1v) is 14.9. The molecule has 1 unspecified atom stereocenters. The number of thioether (sulfide) groups is 1. The molecule has 218 valence electrons. The molecule has 42 heavy (non-hydrogen) atoms. The van der Waals surface area contributed by atoms with Crippen molar-refractivity contribution < 1.29 is 19.1 Å². The zero-order chi connectivity index (χ0) is 29.8. The lowest BCUT2D eigenvalue weighted by Crippen LogP contribution is -2.55. The molecule has 0 N–H and O–H groups in total. The Morgan fingerprint density at radius 3 is 2.40 bits per heavy atom. The molecule has 3 aromatic carbocycles. The van der Waals surface area contributed by atoms with Crippen LogP contribution in [0.1, 0.15) is 17.3 Å². The summed E-state index contributed by atoms with van der Waals surface area (Å²) in [6, 6.07) is 19.8. The van der Waals surface area contributed by atoms with Crippen LogP contribution in [-0.2, 0) is 4.79 Å². The molecule has 1 aliphatic rings. The van der Waals surface area contributed by atoms with Gasteiger partial charge in [-0.15, -0.1) is 10.2 Å². The van der Waals surface area contributed by atoms with Crippen molar-refractivity contribution in [1.82, 2.24) is 24.6 Å². The fourth-order valence-electron chi connectivity index (χ4n) is 4.80. The molecule has 0 aliphatic carbocycles. The topological polar surface area (TPSA) is 89.8 Å². The fraction of sp³-hybridized carbons (Fsp3) is 0.267. The van der Waals surface area contributed by atoms with Gasteiger partial charge in [0, 0.05) is 41.9 Å². The highest BCUT2D eigenvalue weighted by molar-refractivity contribution is 7.99. The predicted octanol–water partition coefficient (Wildman–Crippen LogP) is 5.72. The smallest absolute Gasteiger partial charge is 0.255 e. The minimum Gasteiger partial charge on any atom is -0.497 e. The molecule has 9 nitrogen and oxygen atoms in total. The second-order valence-electron chi connectivity index (χ2n) is 9.67. The summed E-state index contributed by atoms with van der Waals surface area (Å²) < 4.78 is 12.6.